The zero-order chi connectivity index (χ0) is 19.2. The lowest BCUT2D eigenvalue weighted by molar-refractivity contribution is -0.237. The van der Waals surface area contributed by atoms with Crippen molar-refractivity contribution in [2.45, 2.75) is 12.1 Å². The van der Waals surface area contributed by atoms with Gasteiger partial charge in [-0.2, -0.15) is 0 Å². The Hall–Kier alpha value is -1.85. The van der Waals surface area contributed by atoms with Gasteiger partial charge in [0.05, 0.1) is 12.3 Å². The van der Waals surface area contributed by atoms with Crippen LogP contribution < -0.4 is 10.0 Å². The molecule has 2 rings (SSSR count). The molecule has 0 aliphatic carbocycles. The monoisotopic (exact) mass is 388 g/mol. The number of hydrogen-bond donors (Lipinski definition) is 2. The molecule has 10 heteroatoms. The van der Waals surface area contributed by atoms with Gasteiger partial charge < -0.3 is 19.5 Å². The Balaban J connectivity index is 1.80. The minimum absolute atomic E-state index is 0.108. The molecule has 0 radical (unpaired) electrons. The van der Waals surface area contributed by atoms with Crippen LogP contribution in [0.5, 0.6) is 0 Å². The number of carbonyl (C=O) groups excluding carboxylic acids is 1. The standard InChI is InChI=1S/C16H21FN2O6S/c1-23-14-7-8-16(24-2,25-14)11-19-26(21,22)10-9-18-15(20)12-3-5-13(17)6-4-12/h3-8,14,19H,9-11H2,1-2H3,(H,18,20)/t14-,16+/m0/s1. The molecule has 2 N–H and O–H groups in total. The third-order valence-corrected chi connectivity index (χ3v) is 5.03. The van der Waals surface area contributed by atoms with E-state index in [4.69, 9.17) is 14.2 Å². The van der Waals surface area contributed by atoms with Crippen molar-refractivity contribution in [2.24, 2.45) is 0 Å². The lowest BCUT2D eigenvalue weighted by Gasteiger charge is -2.27. The van der Waals surface area contributed by atoms with E-state index in [-0.39, 0.29) is 24.4 Å². The number of hydrogen-bond acceptors (Lipinski definition) is 6. The molecule has 1 aromatic carbocycles. The van der Waals surface area contributed by atoms with Gasteiger partial charge in [0.2, 0.25) is 15.8 Å². The summed E-state index contributed by atoms with van der Waals surface area (Å²) in [5.74, 6) is -2.53. The number of rotatable bonds is 9. The molecule has 0 aromatic heterocycles. The predicted molar refractivity (Wildman–Crippen MR) is 91.3 cm³/mol. The summed E-state index contributed by atoms with van der Waals surface area (Å²) < 4.78 is 55.1. The van der Waals surface area contributed by atoms with Crippen LogP contribution >= 0.6 is 0 Å². The number of methoxy groups -OCH3 is 2. The molecule has 2 atom stereocenters. The second kappa shape index (κ2) is 8.69. The Bertz CT molecular complexity index is 753. The van der Waals surface area contributed by atoms with E-state index in [0.717, 1.165) is 12.1 Å². The summed E-state index contributed by atoms with van der Waals surface area (Å²) >= 11 is 0. The highest BCUT2D eigenvalue weighted by Gasteiger charge is 2.36. The molecular weight excluding hydrogens is 367 g/mol. The van der Waals surface area contributed by atoms with E-state index >= 15 is 0 Å². The smallest absolute Gasteiger partial charge is 0.251 e. The van der Waals surface area contributed by atoms with Crippen LogP contribution in [-0.4, -0.2) is 59.5 Å². The van der Waals surface area contributed by atoms with Crippen LogP contribution in [-0.2, 0) is 24.2 Å². The van der Waals surface area contributed by atoms with Crippen LogP contribution in [0.15, 0.2) is 36.4 Å². The van der Waals surface area contributed by atoms with Gasteiger partial charge in [-0.25, -0.2) is 17.5 Å². The first-order valence-corrected chi connectivity index (χ1v) is 9.41. The van der Waals surface area contributed by atoms with E-state index in [1.807, 2.05) is 0 Å². The van der Waals surface area contributed by atoms with Gasteiger partial charge >= 0.3 is 0 Å². The van der Waals surface area contributed by atoms with E-state index in [1.165, 1.54) is 26.4 Å². The van der Waals surface area contributed by atoms with Crippen molar-refractivity contribution in [3.8, 4) is 0 Å². The first-order chi connectivity index (χ1) is 12.3. The molecule has 0 fully saturated rings. The molecule has 1 heterocycles. The van der Waals surface area contributed by atoms with Gasteiger partial charge in [-0.1, -0.05) is 0 Å². The summed E-state index contributed by atoms with van der Waals surface area (Å²) in [7, 11) is -0.844. The molecule has 0 spiro atoms. The van der Waals surface area contributed by atoms with Gasteiger partial charge in [0.25, 0.3) is 5.91 Å². The zero-order valence-electron chi connectivity index (χ0n) is 14.4. The first-order valence-electron chi connectivity index (χ1n) is 7.75. The lowest BCUT2D eigenvalue weighted by atomic mass is 10.2. The van der Waals surface area contributed by atoms with Gasteiger partial charge in [-0.3, -0.25) is 4.79 Å². The maximum absolute atomic E-state index is 12.8. The summed E-state index contributed by atoms with van der Waals surface area (Å²) in [6, 6.07) is 4.94. The Morgan fingerprint density at radius 2 is 2.00 bits per heavy atom. The van der Waals surface area contributed by atoms with Gasteiger partial charge in [0.1, 0.15) is 5.82 Å². The molecule has 0 saturated carbocycles. The highest BCUT2D eigenvalue weighted by molar-refractivity contribution is 7.89. The SMILES string of the molecule is CO[C@@H]1C=C[C@@](CNS(=O)(=O)CCNC(=O)c2ccc(F)cc2)(OC)O1. The van der Waals surface area contributed by atoms with E-state index in [1.54, 1.807) is 12.2 Å². The van der Waals surface area contributed by atoms with Crippen molar-refractivity contribution in [3.05, 3.63) is 47.8 Å². The topological polar surface area (TPSA) is 103 Å². The highest BCUT2D eigenvalue weighted by atomic mass is 32.2. The van der Waals surface area contributed by atoms with Crippen molar-refractivity contribution in [1.82, 2.24) is 10.0 Å². The molecule has 8 nitrogen and oxygen atoms in total. The van der Waals surface area contributed by atoms with Crippen molar-refractivity contribution < 1.29 is 31.8 Å². The number of halogens is 1. The molecule has 1 aliphatic heterocycles. The van der Waals surface area contributed by atoms with Gasteiger partial charge in [0, 0.05) is 26.3 Å². The minimum atomic E-state index is -3.69. The average Bonchev–Trinajstić information content (AvgIpc) is 3.05. The number of sulfonamides is 1. The first kappa shape index (κ1) is 20.5. The van der Waals surface area contributed by atoms with Crippen LogP contribution in [0.3, 0.4) is 0 Å². The highest BCUT2D eigenvalue weighted by Crippen LogP contribution is 2.24. The third kappa shape index (κ3) is 5.58. The Kier molecular flexibility index (Phi) is 6.84. The molecule has 26 heavy (non-hydrogen) atoms. The lowest BCUT2D eigenvalue weighted by Crippen LogP contribution is -2.46. The maximum atomic E-state index is 12.8. The Morgan fingerprint density at radius 1 is 1.31 bits per heavy atom. The fourth-order valence-electron chi connectivity index (χ4n) is 2.20. The van der Waals surface area contributed by atoms with Crippen LogP contribution in [0, 0.1) is 5.82 Å². The normalized spacial score (nSPS) is 22.5. The zero-order valence-corrected chi connectivity index (χ0v) is 15.2. The molecule has 1 amide bonds. The Morgan fingerprint density at radius 3 is 2.58 bits per heavy atom. The summed E-state index contributed by atoms with van der Waals surface area (Å²) in [6.45, 7) is -0.253. The van der Waals surface area contributed by atoms with Crippen LogP contribution in [0.4, 0.5) is 4.39 Å². The molecule has 0 saturated heterocycles. The van der Waals surface area contributed by atoms with E-state index in [9.17, 15) is 17.6 Å². The average molecular weight is 388 g/mol. The number of carbonyl (C=O) groups is 1. The summed E-state index contributed by atoms with van der Waals surface area (Å²) in [6.07, 6.45) is 2.57. The predicted octanol–water partition coefficient (Wildman–Crippen LogP) is 0.377. The van der Waals surface area contributed by atoms with Gasteiger partial charge in [0.15, 0.2) is 6.29 Å². The third-order valence-electron chi connectivity index (χ3n) is 3.70. The minimum Gasteiger partial charge on any atom is -0.352 e. The quantitative estimate of drug-likeness (QED) is 0.593. The van der Waals surface area contributed by atoms with E-state index in [2.05, 4.69) is 10.0 Å². The van der Waals surface area contributed by atoms with Crippen molar-refractivity contribution in [1.29, 1.82) is 0 Å². The van der Waals surface area contributed by atoms with Crippen LogP contribution in [0.1, 0.15) is 10.4 Å². The van der Waals surface area contributed by atoms with Gasteiger partial charge in [-0.15, -0.1) is 0 Å². The summed E-state index contributed by atoms with van der Waals surface area (Å²) in [4.78, 5) is 11.9. The van der Waals surface area contributed by atoms with E-state index < -0.39 is 33.8 Å². The molecule has 144 valence electrons. The van der Waals surface area contributed by atoms with Crippen LogP contribution in [0.25, 0.3) is 0 Å². The number of ether oxygens (including phenoxy) is 3. The second-order valence-electron chi connectivity index (χ2n) is 5.50. The Labute approximate surface area is 151 Å². The number of amides is 1. The van der Waals surface area contributed by atoms with Gasteiger partial charge in [-0.05, 0) is 36.4 Å². The molecule has 1 aliphatic rings. The molecular formula is C16H21FN2O6S. The van der Waals surface area contributed by atoms with Crippen molar-refractivity contribution in [2.75, 3.05) is 33.1 Å². The fourth-order valence-corrected chi connectivity index (χ4v) is 3.14. The molecule has 0 bridgehead atoms. The molecule has 1 aromatic rings. The molecule has 0 unspecified atom stereocenters. The summed E-state index contributed by atoms with van der Waals surface area (Å²) in [5, 5.41) is 2.47. The largest absolute Gasteiger partial charge is 0.352 e. The number of nitrogens with one attached hydrogen (secondary N) is 2. The summed E-state index contributed by atoms with van der Waals surface area (Å²) in [5.41, 5.74) is 0.241. The number of benzene rings is 1. The van der Waals surface area contributed by atoms with Crippen molar-refractivity contribution in [3.63, 3.8) is 0 Å². The second-order valence-corrected chi connectivity index (χ2v) is 7.43. The fraction of sp³-hybridized carbons (Fsp3) is 0.438. The maximum Gasteiger partial charge on any atom is 0.251 e. The van der Waals surface area contributed by atoms with Crippen molar-refractivity contribution >= 4 is 15.9 Å². The van der Waals surface area contributed by atoms with E-state index in [0.29, 0.717) is 0 Å². The van der Waals surface area contributed by atoms with Crippen LogP contribution in [0.2, 0.25) is 0 Å².